The van der Waals surface area contributed by atoms with Crippen LogP contribution in [0.5, 0.6) is 0 Å². The molecule has 3 rings (SSSR count). The van der Waals surface area contributed by atoms with Crippen LogP contribution in [-0.4, -0.2) is 22.1 Å². The summed E-state index contributed by atoms with van der Waals surface area (Å²) in [6.07, 6.45) is -4.97. The third-order valence-electron chi connectivity index (χ3n) is 2.70. The molecule has 0 fully saturated rings. The molecule has 0 aliphatic carbocycles. The number of carbonyl (C=O) groups is 1. The number of thiazole rings is 1. The van der Waals surface area contributed by atoms with E-state index in [4.69, 9.17) is 4.42 Å². The number of aromatic nitrogens is 2. The summed E-state index contributed by atoms with van der Waals surface area (Å²) in [6.45, 7) is 0. The Hall–Kier alpha value is -2.62. The van der Waals surface area contributed by atoms with Crippen molar-refractivity contribution in [3.63, 3.8) is 0 Å². The summed E-state index contributed by atoms with van der Waals surface area (Å²) in [5.74, 6) is -2.69. The van der Waals surface area contributed by atoms with Crippen LogP contribution in [0.2, 0.25) is 0 Å². The average Bonchev–Trinajstić information content (AvgIpc) is 3.01. The van der Waals surface area contributed by atoms with Crippen molar-refractivity contribution in [1.82, 2.24) is 9.97 Å². The topological polar surface area (TPSA) is 88.0 Å². The highest BCUT2D eigenvalue weighted by molar-refractivity contribution is 7.14. The van der Waals surface area contributed by atoms with Crippen molar-refractivity contribution in [1.29, 1.82) is 0 Å². The van der Waals surface area contributed by atoms with Gasteiger partial charge in [0.2, 0.25) is 0 Å². The Morgan fingerprint density at radius 3 is 2.86 bits per heavy atom. The predicted molar refractivity (Wildman–Crippen MR) is 72.6 cm³/mol. The van der Waals surface area contributed by atoms with Crippen LogP contribution in [0.4, 0.5) is 18.3 Å². The zero-order chi connectivity index (χ0) is 15.9. The number of fused-ring (bicyclic) bond motifs is 1. The number of nitrogens with one attached hydrogen (secondary N) is 2. The van der Waals surface area contributed by atoms with Crippen LogP contribution < -0.4 is 11.1 Å². The number of aromatic amines is 1. The fraction of sp³-hybridized carbons (Fsp3) is 0.0833. The van der Waals surface area contributed by atoms with Crippen molar-refractivity contribution in [2.24, 2.45) is 0 Å². The SMILES string of the molecule is O=C(Nc1nc(-c2ccc3[nH]c(=O)oc3c2)cs1)C(F)(F)F. The molecule has 2 N–H and O–H groups in total. The van der Waals surface area contributed by atoms with Gasteiger partial charge in [0.1, 0.15) is 0 Å². The summed E-state index contributed by atoms with van der Waals surface area (Å²) < 4.78 is 41.4. The van der Waals surface area contributed by atoms with Crippen molar-refractivity contribution in [3.8, 4) is 11.3 Å². The molecule has 2 aromatic heterocycles. The Balaban J connectivity index is 1.88. The highest BCUT2D eigenvalue weighted by Crippen LogP contribution is 2.28. The van der Waals surface area contributed by atoms with Gasteiger partial charge in [0.25, 0.3) is 0 Å². The number of amides is 1. The minimum Gasteiger partial charge on any atom is -0.408 e. The molecule has 0 bridgehead atoms. The number of benzene rings is 1. The molecule has 3 aromatic rings. The van der Waals surface area contributed by atoms with Crippen molar-refractivity contribution in [3.05, 3.63) is 34.1 Å². The van der Waals surface area contributed by atoms with E-state index in [0.717, 1.165) is 11.3 Å². The normalized spacial score (nSPS) is 11.8. The number of carbonyl (C=O) groups excluding carboxylic acids is 1. The third kappa shape index (κ3) is 2.72. The Labute approximate surface area is 123 Å². The molecule has 0 saturated heterocycles. The molecule has 0 saturated carbocycles. The van der Waals surface area contributed by atoms with E-state index < -0.39 is 17.8 Å². The predicted octanol–water partition coefficient (Wildman–Crippen LogP) is 2.75. The Morgan fingerprint density at radius 1 is 1.36 bits per heavy atom. The molecule has 1 aromatic carbocycles. The zero-order valence-corrected chi connectivity index (χ0v) is 11.3. The molecule has 2 heterocycles. The van der Waals surface area contributed by atoms with E-state index in [1.54, 1.807) is 17.4 Å². The van der Waals surface area contributed by atoms with Gasteiger partial charge >= 0.3 is 17.8 Å². The Kier molecular flexibility index (Phi) is 3.24. The number of rotatable bonds is 2. The first-order valence-electron chi connectivity index (χ1n) is 5.80. The minimum atomic E-state index is -4.97. The second-order valence-corrected chi connectivity index (χ2v) is 5.07. The number of hydrogen-bond donors (Lipinski definition) is 2. The molecule has 0 radical (unpaired) electrons. The quantitative estimate of drug-likeness (QED) is 0.757. The number of H-pyrrole nitrogens is 1. The molecule has 0 unspecified atom stereocenters. The second kappa shape index (κ2) is 4.98. The van der Waals surface area contributed by atoms with Crippen LogP contribution in [0.25, 0.3) is 22.4 Å². The smallest absolute Gasteiger partial charge is 0.408 e. The fourth-order valence-electron chi connectivity index (χ4n) is 1.74. The maximum atomic E-state index is 12.2. The number of nitrogens with zero attached hydrogens (tertiary/aromatic N) is 1. The molecule has 6 nitrogen and oxygen atoms in total. The van der Waals surface area contributed by atoms with Crippen molar-refractivity contribution >= 4 is 33.5 Å². The minimum absolute atomic E-state index is 0.173. The maximum absolute atomic E-state index is 12.2. The summed E-state index contributed by atoms with van der Waals surface area (Å²) in [7, 11) is 0. The Morgan fingerprint density at radius 2 is 2.14 bits per heavy atom. The molecular weight excluding hydrogens is 323 g/mol. The number of halogens is 3. The molecule has 0 atom stereocenters. The molecule has 0 aliphatic rings. The molecular formula is C12H6F3N3O3S. The monoisotopic (exact) mass is 329 g/mol. The van der Waals surface area contributed by atoms with E-state index >= 15 is 0 Å². The van der Waals surface area contributed by atoms with Crippen molar-refractivity contribution in [2.75, 3.05) is 5.32 Å². The van der Waals surface area contributed by atoms with Crippen LogP contribution in [0.15, 0.2) is 32.8 Å². The van der Waals surface area contributed by atoms with Gasteiger partial charge in [0.05, 0.1) is 11.2 Å². The van der Waals surface area contributed by atoms with Gasteiger partial charge in [0, 0.05) is 10.9 Å². The average molecular weight is 329 g/mol. The van der Waals surface area contributed by atoms with Crippen LogP contribution in [0.3, 0.4) is 0 Å². The molecule has 114 valence electrons. The largest absolute Gasteiger partial charge is 0.471 e. The Bertz CT molecular complexity index is 909. The molecule has 0 spiro atoms. The standard InChI is InChI=1S/C12H6F3N3O3S/c13-12(14,15)9(19)18-10-16-7(4-22-10)5-1-2-6-8(3-5)21-11(20)17-6/h1-4H,(H,17,20)(H,16,18,19). The van der Waals surface area contributed by atoms with Crippen molar-refractivity contribution < 1.29 is 22.4 Å². The lowest BCUT2D eigenvalue weighted by molar-refractivity contribution is -0.167. The summed E-state index contributed by atoms with van der Waals surface area (Å²) in [4.78, 5) is 28.3. The summed E-state index contributed by atoms with van der Waals surface area (Å²) >= 11 is 0.856. The van der Waals surface area contributed by atoms with E-state index in [9.17, 15) is 22.8 Å². The van der Waals surface area contributed by atoms with E-state index in [2.05, 4.69) is 9.97 Å². The van der Waals surface area contributed by atoms with Gasteiger partial charge in [-0.05, 0) is 12.1 Å². The van der Waals surface area contributed by atoms with Crippen molar-refractivity contribution in [2.45, 2.75) is 6.18 Å². The van der Waals surface area contributed by atoms with E-state index in [1.165, 1.54) is 11.4 Å². The number of anilines is 1. The zero-order valence-electron chi connectivity index (χ0n) is 10.5. The second-order valence-electron chi connectivity index (χ2n) is 4.22. The highest BCUT2D eigenvalue weighted by atomic mass is 32.1. The van der Waals surface area contributed by atoms with Crippen LogP contribution in [0.1, 0.15) is 0 Å². The maximum Gasteiger partial charge on any atom is 0.471 e. The van der Waals surface area contributed by atoms with Gasteiger partial charge < -0.3 is 4.42 Å². The van der Waals surface area contributed by atoms with E-state index in [1.807, 2.05) is 0 Å². The lowest BCUT2D eigenvalue weighted by Crippen LogP contribution is -2.29. The third-order valence-corrected chi connectivity index (χ3v) is 3.46. The van der Waals surface area contributed by atoms with Gasteiger partial charge in [0.15, 0.2) is 10.7 Å². The molecule has 22 heavy (non-hydrogen) atoms. The van der Waals surface area contributed by atoms with Gasteiger partial charge in [-0.15, -0.1) is 11.3 Å². The molecule has 0 aliphatic heterocycles. The van der Waals surface area contributed by atoms with Gasteiger partial charge in [-0.3, -0.25) is 15.1 Å². The van der Waals surface area contributed by atoms with Gasteiger partial charge in [-0.2, -0.15) is 13.2 Å². The first-order chi connectivity index (χ1) is 10.3. The fourth-order valence-corrected chi connectivity index (χ4v) is 2.45. The molecule has 1 amide bonds. The summed E-state index contributed by atoms with van der Waals surface area (Å²) in [5.41, 5.74) is 1.69. The number of oxazole rings is 1. The lowest BCUT2D eigenvalue weighted by Gasteiger charge is -2.04. The highest BCUT2D eigenvalue weighted by Gasteiger charge is 2.39. The van der Waals surface area contributed by atoms with Gasteiger partial charge in [-0.25, -0.2) is 9.78 Å². The van der Waals surface area contributed by atoms with Crippen LogP contribution in [0, 0.1) is 0 Å². The summed E-state index contributed by atoms with van der Waals surface area (Å²) in [5, 5.41) is 2.99. The first kappa shape index (κ1) is 14.3. The number of hydrogen-bond acceptors (Lipinski definition) is 5. The van der Waals surface area contributed by atoms with E-state index in [-0.39, 0.29) is 5.13 Å². The lowest BCUT2D eigenvalue weighted by atomic mass is 10.1. The van der Waals surface area contributed by atoms with Crippen LogP contribution in [-0.2, 0) is 4.79 Å². The molecule has 10 heteroatoms. The van der Waals surface area contributed by atoms with Gasteiger partial charge in [-0.1, -0.05) is 6.07 Å². The first-order valence-corrected chi connectivity index (χ1v) is 6.68. The van der Waals surface area contributed by atoms with Crippen LogP contribution >= 0.6 is 11.3 Å². The summed E-state index contributed by atoms with van der Waals surface area (Å²) in [6, 6.07) is 4.73. The van der Waals surface area contributed by atoms with E-state index in [0.29, 0.717) is 22.4 Å². The number of alkyl halides is 3.